The minimum Gasteiger partial charge on any atom is -0.396 e. The van der Waals surface area contributed by atoms with Gasteiger partial charge >= 0.3 is 0 Å². The van der Waals surface area contributed by atoms with Gasteiger partial charge in [0.15, 0.2) is 5.69 Å². The molecule has 1 saturated heterocycles. The maximum absolute atomic E-state index is 11.2. The molecule has 0 spiro atoms. The van der Waals surface area contributed by atoms with Crippen LogP contribution in [0.25, 0.3) is 0 Å². The van der Waals surface area contributed by atoms with E-state index in [0.29, 0.717) is 5.82 Å². The first-order valence-corrected chi connectivity index (χ1v) is 4.84. The minimum absolute atomic E-state index is 0.0352. The molecule has 1 aromatic rings. The van der Waals surface area contributed by atoms with E-state index < -0.39 is 11.8 Å². The molecule has 0 unspecified atom stereocenters. The van der Waals surface area contributed by atoms with Gasteiger partial charge in [0.05, 0.1) is 18.8 Å². The number of amides is 2. The number of imide groups is 1. The molecular weight excluding hydrogens is 222 g/mol. The fourth-order valence-electron chi connectivity index (χ4n) is 1.52. The quantitative estimate of drug-likeness (QED) is 0.599. The predicted molar refractivity (Wildman–Crippen MR) is 58.7 cm³/mol. The van der Waals surface area contributed by atoms with Crippen LogP contribution in [0, 0.1) is 11.3 Å². The Labute approximate surface area is 96.8 Å². The van der Waals surface area contributed by atoms with Gasteiger partial charge in [-0.25, -0.2) is 4.98 Å². The molecule has 0 aromatic carbocycles. The van der Waals surface area contributed by atoms with E-state index in [9.17, 15) is 9.59 Å². The maximum Gasteiger partial charge on any atom is 0.246 e. The number of hydrogen-bond donors (Lipinski definition) is 2. The monoisotopic (exact) mass is 231 g/mol. The lowest BCUT2D eigenvalue weighted by Crippen LogP contribution is -2.51. The molecule has 0 aliphatic carbocycles. The summed E-state index contributed by atoms with van der Waals surface area (Å²) in [6.07, 6.45) is 0. The third-order valence-corrected chi connectivity index (χ3v) is 2.29. The lowest BCUT2D eigenvalue weighted by Gasteiger charge is -2.26. The summed E-state index contributed by atoms with van der Waals surface area (Å²) in [5.74, 6) is -0.393. The first kappa shape index (κ1) is 10.9. The first-order chi connectivity index (χ1) is 8.10. The van der Waals surface area contributed by atoms with Crippen molar-refractivity contribution in [2.45, 2.75) is 0 Å². The van der Waals surface area contributed by atoms with Crippen LogP contribution in [0.4, 0.5) is 11.5 Å². The van der Waals surface area contributed by atoms with Crippen LogP contribution in [-0.2, 0) is 9.59 Å². The van der Waals surface area contributed by atoms with Crippen molar-refractivity contribution in [1.82, 2.24) is 10.3 Å². The summed E-state index contributed by atoms with van der Waals surface area (Å²) in [5.41, 5.74) is 5.89. The number of carbonyl (C=O) groups excluding carboxylic acids is 2. The number of aromatic nitrogens is 1. The minimum atomic E-state index is -0.390. The molecule has 1 aromatic heterocycles. The van der Waals surface area contributed by atoms with E-state index in [1.807, 2.05) is 6.07 Å². The van der Waals surface area contributed by atoms with E-state index in [4.69, 9.17) is 11.0 Å². The van der Waals surface area contributed by atoms with E-state index in [2.05, 4.69) is 10.3 Å². The summed E-state index contributed by atoms with van der Waals surface area (Å²) in [6.45, 7) is 0.0705. The van der Waals surface area contributed by atoms with Gasteiger partial charge in [0.1, 0.15) is 11.9 Å². The number of nitrogens with zero attached hydrogens (tertiary/aromatic N) is 3. The summed E-state index contributed by atoms with van der Waals surface area (Å²) in [5, 5.41) is 11.0. The molecule has 1 fully saturated rings. The fraction of sp³-hybridized carbons (Fsp3) is 0.200. The lowest BCUT2D eigenvalue weighted by molar-refractivity contribution is -0.130. The highest BCUT2D eigenvalue weighted by Gasteiger charge is 2.23. The second kappa shape index (κ2) is 4.09. The van der Waals surface area contributed by atoms with Crippen LogP contribution >= 0.6 is 0 Å². The Balaban J connectivity index is 2.31. The molecule has 7 nitrogen and oxygen atoms in total. The fourth-order valence-corrected chi connectivity index (χ4v) is 1.52. The third kappa shape index (κ3) is 2.15. The molecular formula is C10H9N5O2. The molecule has 7 heteroatoms. The SMILES string of the molecule is N#Cc1nc(N2CC(=O)NC(=O)C2)ccc1N. The number of pyridine rings is 1. The van der Waals surface area contributed by atoms with Gasteiger partial charge in [0, 0.05) is 0 Å². The molecule has 86 valence electrons. The zero-order valence-corrected chi connectivity index (χ0v) is 8.80. The predicted octanol–water partition coefficient (Wildman–Crippen LogP) is -1.00. The van der Waals surface area contributed by atoms with Gasteiger partial charge < -0.3 is 10.6 Å². The molecule has 3 N–H and O–H groups in total. The Bertz CT molecular complexity index is 518. The molecule has 17 heavy (non-hydrogen) atoms. The van der Waals surface area contributed by atoms with Crippen molar-refractivity contribution >= 4 is 23.3 Å². The van der Waals surface area contributed by atoms with Gasteiger partial charge in [0.2, 0.25) is 11.8 Å². The van der Waals surface area contributed by atoms with E-state index in [1.54, 1.807) is 6.07 Å². The second-order valence-electron chi connectivity index (χ2n) is 3.55. The number of rotatable bonds is 1. The summed E-state index contributed by atoms with van der Waals surface area (Å²) in [7, 11) is 0. The number of hydrogen-bond acceptors (Lipinski definition) is 6. The molecule has 0 bridgehead atoms. The largest absolute Gasteiger partial charge is 0.396 e. The van der Waals surface area contributed by atoms with Crippen molar-refractivity contribution < 1.29 is 9.59 Å². The van der Waals surface area contributed by atoms with Gasteiger partial charge in [-0.2, -0.15) is 5.26 Å². The van der Waals surface area contributed by atoms with E-state index in [-0.39, 0.29) is 24.5 Å². The smallest absolute Gasteiger partial charge is 0.246 e. The molecule has 0 atom stereocenters. The van der Waals surface area contributed by atoms with Crippen molar-refractivity contribution in [2.24, 2.45) is 0 Å². The topological polar surface area (TPSA) is 112 Å². The Kier molecular flexibility index (Phi) is 2.62. The highest BCUT2D eigenvalue weighted by molar-refractivity contribution is 6.02. The van der Waals surface area contributed by atoms with Crippen molar-refractivity contribution in [2.75, 3.05) is 23.7 Å². The van der Waals surface area contributed by atoms with Crippen molar-refractivity contribution in [3.63, 3.8) is 0 Å². The summed E-state index contributed by atoms with van der Waals surface area (Å²) in [4.78, 5) is 27.9. The molecule has 1 aliphatic rings. The van der Waals surface area contributed by atoms with Crippen molar-refractivity contribution in [3.8, 4) is 6.07 Å². The molecule has 0 radical (unpaired) electrons. The van der Waals surface area contributed by atoms with E-state index in [1.165, 1.54) is 11.0 Å². The summed E-state index contributed by atoms with van der Waals surface area (Å²) in [6, 6.07) is 4.95. The van der Waals surface area contributed by atoms with E-state index >= 15 is 0 Å². The zero-order valence-electron chi connectivity index (χ0n) is 8.80. The molecule has 2 heterocycles. The van der Waals surface area contributed by atoms with Crippen LogP contribution < -0.4 is 16.0 Å². The highest BCUT2D eigenvalue weighted by Crippen LogP contribution is 2.16. The Hall–Kier alpha value is -2.62. The second-order valence-corrected chi connectivity index (χ2v) is 3.55. The van der Waals surface area contributed by atoms with Gasteiger partial charge in [-0.05, 0) is 12.1 Å². The number of nitrogen functional groups attached to an aromatic ring is 1. The van der Waals surface area contributed by atoms with Gasteiger partial charge in [-0.1, -0.05) is 0 Å². The van der Waals surface area contributed by atoms with Crippen LogP contribution in [0.2, 0.25) is 0 Å². The lowest BCUT2D eigenvalue weighted by atomic mass is 10.3. The van der Waals surface area contributed by atoms with Crippen LogP contribution in [-0.4, -0.2) is 29.9 Å². The normalized spacial score (nSPS) is 15.4. The number of nitriles is 1. The third-order valence-electron chi connectivity index (χ3n) is 2.29. The molecule has 0 saturated carbocycles. The van der Waals surface area contributed by atoms with Crippen LogP contribution in [0.3, 0.4) is 0 Å². The molecule has 2 rings (SSSR count). The highest BCUT2D eigenvalue weighted by atomic mass is 16.2. The number of carbonyl (C=O) groups is 2. The Morgan fingerprint density at radius 2 is 2.00 bits per heavy atom. The number of piperazine rings is 1. The summed E-state index contributed by atoms with van der Waals surface area (Å²) < 4.78 is 0. The number of nitrogens with two attached hydrogens (primary N) is 1. The average Bonchev–Trinajstić information content (AvgIpc) is 2.28. The van der Waals surface area contributed by atoms with Crippen LogP contribution in [0.5, 0.6) is 0 Å². The first-order valence-electron chi connectivity index (χ1n) is 4.84. The van der Waals surface area contributed by atoms with Crippen molar-refractivity contribution in [1.29, 1.82) is 5.26 Å². The van der Waals surface area contributed by atoms with Gasteiger partial charge in [-0.3, -0.25) is 14.9 Å². The van der Waals surface area contributed by atoms with Gasteiger partial charge in [0.25, 0.3) is 0 Å². The van der Waals surface area contributed by atoms with Crippen molar-refractivity contribution in [3.05, 3.63) is 17.8 Å². The Morgan fingerprint density at radius 1 is 1.35 bits per heavy atom. The summed E-state index contributed by atoms with van der Waals surface area (Å²) >= 11 is 0. The molecule has 2 amide bonds. The number of nitrogens with one attached hydrogen (secondary N) is 1. The maximum atomic E-state index is 11.2. The van der Waals surface area contributed by atoms with Crippen LogP contribution in [0.1, 0.15) is 5.69 Å². The molecule has 1 aliphatic heterocycles. The standard InChI is InChI=1S/C10H9N5O2/c11-3-7-6(12)1-2-8(13-7)15-4-9(16)14-10(17)5-15/h1-2H,4-5,12H2,(H,14,16,17). The van der Waals surface area contributed by atoms with E-state index in [0.717, 1.165) is 0 Å². The zero-order chi connectivity index (χ0) is 12.4. The van der Waals surface area contributed by atoms with Crippen LogP contribution in [0.15, 0.2) is 12.1 Å². The number of anilines is 2. The Morgan fingerprint density at radius 3 is 2.59 bits per heavy atom. The van der Waals surface area contributed by atoms with Gasteiger partial charge in [-0.15, -0.1) is 0 Å². The average molecular weight is 231 g/mol.